The SMILES string of the molecule is CC(C)(C)c1cc(C2(C)CCCCC2)c(O)c(C2(C)CCCCC2)c1. The van der Waals surface area contributed by atoms with Crippen molar-refractivity contribution in [1.29, 1.82) is 0 Å². The number of hydrogen-bond acceptors (Lipinski definition) is 1. The molecule has 0 atom stereocenters. The van der Waals surface area contributed by atoms with Crippen LogP contribution in [0.3, 0.4) is 0 Å². The highest BCUT2D eigenvalue weighted by Crippen LogP contribution is 2.50. The van der Waals surface area contributed by atoms with Crippen molar-refractivity contribution in [1.82, 2.24) is 0 Å². The molecule has 0 bridgehead atoms. The summed E-state index contributed by atoms with van der Waals surface area (Å²) in [5.74, 6) is 0.627. The molecule has 1 heteroatoms. The first-order valence-corrected chi connectivity index (χ1v) is 10.5. The summed E-state index contributed by atoms with van der Waals surface area (Å²) < 4.78 is 0. The first kappa shape index (κ1) is 18.8. The molecule has 1 nitrogen and oxygen atoms in total. The van der Waals surface area contributed by atoms with Gasteiger partial charge in [-0.15, -0.1) is 0 Å². The van der Waals surface area contributed by atoms with Crippen molar-refractivity contribution in [3.8, 4) is 5.75 Å². The van der Waals surface area contributed by atoms with Crippen molar-refractivity contribution < 1.29 is 5.11 Å². The van der Waals surface area contributed by atoms with Gasteiger partial charge in [0.15, 0.2) is 0 Å². The van der Waals surface area contributed by atoms with Gasteiger partial charge in [-0.1, -0.05) is 85.3 Å². The number of aromatic hydroxyl groups is 1. The molecule has 0 aromatic heterocycles. The summed E-state index contributed by atoms with van der Waals surface area (Å²) in [4.78, 5) is 0. The second kappa shape index (κ2) is 6.63. The number of benzene rings is 1. The molecule has 0 unspecified atom stereocenters. The second-order valence-electron chi connectivity index (χ2n) is 10.4. The van der Waals surface area contributed by atoms with Gasteiger partial charge in [-0.05, 0) is 47.5 Å². The fourth-order valence-electron chi connectivity index (χ4n) is 5.19. The van der Waals surface area contributed by atoms with Crippen LogP contribution in [0.15, 0.2) is 12.1 Å². The lowest BCUT2D eigenvalue weighted by Gasteiger charge is -2.40. The summed E-state index contributed by atoms with van der Waals surface area (Å²) in [6, 6.07) is 4.69. The first-order chi connectivity index (χ1) is 11.7. The molecule has 2 aliphatic carbocycles. The normalized spacial score (nSPS) is 23.4. The summed E-state index contributed by atoms with van der Waals surface area (Å²) in [6.07, 6.45) is 12.7. The molecule has 25 heavy (non-hydrogen) atoms. The summed E-state index contributed by atoms with van der Waals surface area (Å²) >= 11 is 0. The Morgan fingerprint density at radius 2 is 1.08 bits per heavy atom. The van der Waals surface area contributed by atoms with Crippen LogP contribution in [-0.4, -0.2) is 5.11 Å². The van der Waals surface area contributed by atoms with Crippen LogP contribution in [0.4, 0.5) is 0 Å². The largest absolute Gasteiger partial charge is 0.507 e. The smallest absolute Gasteiger partial charge is 0.123 e. The third-order valence-electron chi connectivity index (χ3n) is 7.19. The zero-order chi connectivity index (χ0) is 18.3. The fraction of sp³-hybridized carbons (Fsp3) is 0.750. The Morgan fingerprint density at radius 3 is 1.40 bits per heavy atom. The Kier molecular flexibility index (Phi) is 4.99. The van der Waals surface area contributed by atoms with E-state index in [-0.39, 0.29) is 16.2 Å². The van der Waals surface area contributed by atoms with E-state index in [9.17, 15) is 5.11 Å². The quantitative estimate of drug-likeness (QED) is 0.606. The lowest BCUT2D eigenvalue weighted by Crippen LogP contribution is -2.30. The maximum atomic E-state index is 11.4. The van der Waals surface area contributed by atoms with Crippen molar-refractivity contribution in [2.75, 3.05) is 0 Å². The van der Waals surface area contributed by atoms with E-state index in [1.165, 1.54) is 80.9 Å². The van der Waals surface area contributed by atoms with Crippen LogP contribution in [0, 0.1) is 0 Å². The van der Waals surface area contributed by atoms with Gasteiger partial charge in [0.1, 0.15) is 5.75 Å². The third-order valence-corrected chi connectivity index (χ3v) is 7.19. The lowest BCUT2D eigenvalue weighted by molar-refractivity contribution is 0.289. The molecule has 1 aromatic carbocycles. The molecule has 3 rings (SSSR count). The van der Waals surface area contributed by atoms with Gasteiger partial charge in [0, 0.05) is 11.1 Å². The van der Waals surface area contributed by atoms with Gasteiger partial charge in [-0.2, -0.15) is 0 Å². The maximum Gasteiger partial charge on any atom is 0.123 e. The molecule has 1 aromatic rings. The monoisotopic (exact) mass is 342 g/mol. The average molecular weight is 343 g/mol. The van der Waals surface area contributed by atoms with Crippen LogP contribution in [0.1, 0.15) is 116 Å². The van der Waals surface area contributed by atoms with Crippen LogP contribution in [0.25, 0.3) is 0 Å². The minimum absolute atomic E-state index is 0.118. The molecular weight excluding hydrogens is 304 g/mol. The molecule has 0 amide bonds. The van der Waals surface area contributed by atoms with Gasteiger partial charge < -0.3 is 5.11 Å². The van der Waals surface area contributed by atoms with Crippen LogP contribution < -0.4 is 0 Å². The Labute approximate surface area is 155 Å². The predicted molar refractivity (Wildman–Crippen MR) is 108 cm³/mol. The van der Waals surface area contributed by atoms with Crippen LogP contribution in [0.5, 0.6) is 5.75 Å². The lowest BCUT2D eigenvalue weighted by atomic mass is 9.65. The van der Waals surface area contributed by atoms with E-state index in [2.05, 4.69) is 46.8 Å². The second-order valence-corrected chi connectivity index (χ2v) is 10.4. The molecule has 0 heterocycles. The highest BCUT2D eigenvalue weighted by molar-refractivity contribution is 5.52. The average Bonchev–Trinajstić information content (AvgIpc) is 2.55. The highest BCUT2D eigenvalue weighted by atomic mass is 16.3. The van der Waals surface area contributed by atoms with E-state index in [4.69, 9.17) is 0 Å². The molecule has 2 saturated carbocycles. The Morgan fingerprint density at radius 1 is 0.720 bits per heavy atom. The molecule has 0 aliphatic heterocycles. The van der Waals surface area contributed by atoms with Crippen molar-refractivity contribution >= 4 is 0 Å². The number of rotatable bonds is 2. The van der Waals surface area contributed by atoms with E-state index in [0.717, 1.165) is 0 Å². The summed E-state index contributed by atoms with van der Waals surface area (Å²) in [5.41, 5.74) is 4.27. The topological polar surface area (TPSA) is 20.2 Å². The predicted octanol–water partition coefficient (Wildman–Crippen LogP) is 7.13. The van der Waals surface area contributed by atoms with Gasteiger partial charge in [-0.25, -0.2) is 0 Å². The number of phenolic OH excluding ortho intramolecular Hbond substituents is 1. The van der Waals surface area contributed by atoms with E-state index in [1.807, 2.05) is 0 Å². The molecule has 0 radical (unpaired) electrons. The molecule has 140 valence electrons. The summed E-state index contributed by atoms with van der Waals surface area (Å²) in [7, 11) is 0. The van der Waals surface area contributed by atoms with Crippen molar-refractivity contribution in [2.45, 2.75) is 115 Å². The van der Waals surface area contributed by atoms with Crippen LogP contribution >= 0.6 is 0 Å². The number of hydrogen-bond donors (Lipinski definition) is 1. The maximum absolute atomic E-state index is 11.4. The zero-order valence-corrected chi connectivity index (χ0v) is 17.2. The van der Waals surface area contributed by atoms with Gasteiger partial charge in [0.25, 0.3) is 0 Å². The zero-order valence-electron chi connectivity index (χ0n) is 17.2. The molecule has 0 spiro atoms. The fourth-order valence-corrected chi connectivity index (χ4v) is 5.19. The van der Waals surface area contributed by atoms with E-state index >= 15 is 0 Å². The minimum atomic E-state index is 0.118. The van der Waals surface area contributed by atoms with Crippen molar-refractivity contribution in [2.24, 2.45) is 0 Å². The Bertz CT molecular complexity index is 562. The molecule has 0 saturated heterocycles. The first-order valence-electron chi connectivity index (χ1n) is 10.5. The van der Waals surface area contributed by atoms with Crippen molar-refractivity contribution in [3.63, 3.8) is 0 Å². The Hall–Kier alpha value is -0.980. The van der Waals surface area contributed by atoms with Crippen molar-refractivity contribution in [3.05, 3.63) is 28.8 Å². The molecule has 2 fully saturated rings. The van der Waals surface area contributed by atoms with E-state index in [1.54, 1.807) is 0 Å². The van der Waals surface area contributed by atoms with Gasteiger partial charge in [0.2, 0.25) is 0 Å². The van der Waals surface area contributed by atoms with Gasteiger partial charge in [-0.3, -0.25) is 0 Å². The molecule has 2 aliphatic rings. The summed E-state index contributed by atoms with van der Waals surface area (Å²) in [6.45, 7) is 11.7. The third kappa shape index (κ3) is 3.62. The molecular formula is C24H38O. The standard InChI is InChI=1S/C24H38O/c1-22(2,3)18-16-19(23(4)12-8-6-9-13-23)21(25)20(17-18)24(5)14-10-7-11-15-24/h16-17,25H,6-15H2,1-5H3. The number of phenols is 1. The molecule has 1 N–H and O–H groups in total. The minimum Gasteiger partial charge on any atom is -0.507 e. The Balaban J connectivity index is 2.16. The van der Waals surface area contributed by atoms with E-state index < -0.39 is 0 Å². The highest BCUT2D eigenvalue weighted by Gasteiger charge is 2.38. The van der Waals surface area contributed by atoms with Crippen LogP contribution in [0.2, 0.25) is 0 Å². The van der Waals surface area contributed by atoms with Crippen LogP contribution in [-0.2, 0) is 16.2 Å². The van der Waals surface area contributed by atoms with Gasteiger partial charge in [0.05, 0.1) is 0 Å². The summed E-state index contributed by atoms with van der Waals surface area (Å²) in [5, 5.41) is 11.4. The van der Waals surface area contributed by atoms with Gasteiger partial charge >= 0.3 is 0 Å². The van der Waals surface area contributed by atoms with E-state index in [0.29, 0.717) is 5.75 Å².